The highest BCUT2D eigenvalue weighted by atomic mass is 19.1. The average molecular weight is 428 g/mol. The third kappa shape index (κ3) is 7.68. The summed E-state index contributed by atoms with van der Waals surface area (Å²) in [6.45, 7) is 3.94. The second-order valence-corrected chi connectivity index (χ2v) is 7.83. The lowest BCUT2D eigenvalue weighted by molar-refractivity contribution is 0.0827. The first-order chi connectivity index (χ1) is 14.8. The molecule has 2 rings (SSSR count). The zero-order valence-electron chi connectivity index (χ0n) is 19.2. The van der Waals surface area contributed by atoms with Crippen molar-refractivity contribution < 1.29 is 9.18 Å². The van der Waals surface area contributed by atoms with Crippen LogP contribution >= 0.6 is 0 Å². The number of carbonyl (C=O) groups is 1. The van der Waals surface area contributed by atoms with Crippen LogP contribution in [0.15, 0.2) is 53.5 Å². The highest BCUT2D eigenvalue weighted by Crippen LogP contribution is 2.19. The molecule has 2 N–H and O–H groups in total. The summed E-state index contributed by atoms with van der Waals surface area (Å²) in [4.78, 5) is 20.5. The third-order valence-electron chi connectivity index (χ3n) is 4.91. The Hall–Kier alpha value is -2.93. The van der Waals surface area contributed by atoms with Crippen LogP contribution in [0.5, 0.6) is 0 Å². The molecule has 1 atom stereocenters. The van der Waals surface area contributed by atoms with Gasteiger partial charge in [0.15, 0.2) is 5.96 Å². The van der Waals surface area contributed by atoms with E-state index in [9.17, 15) is 9.18 Å². The van der Waals surface area contributed by atoms with E-state index in [0.29, 0.717) is 24.6 Å². The molecule has 0 aliphatic carbocycles. The minimum absolute atomic E-state index is 0.00298. The Kier molecular flexibility index (Phi) is 9.46. The minimum Gasteiger partial charge on any atom is -0.357 e. The van der Waals surface area contributed by atoms with Crippen LogP contribution in [-0.4, -0.2) is 69.5 Å². The summed E-state index contributed by atoms with van der Waals surface area (Å²) in [5.74, 6) is 0.469. The van der Waals surface area contributed by atoms with Crippen molar-refractivity contribution in [2.24, 2.45) is 4.99 Å². The lowest BCUT2D eigenvalue weighted by Crippen LogP contribution is -2.39. The summed E-state index contributed by atoms with van der Waals surface area (Å²) in [6, 6.07) is 14.3. The number of nitrogens with one attached hydrogen (secondary N) is 2. The van der Waals surface area contributed by atoms with E-state index in [1.54, 1.807) is 31.1 Å². The third-order valence-corrected chi connectivity index (χ3v) is 4.91. The van der Waals surface area contributed by atoms with Gasteiger partial charge in [0.05, 0.1) is 12.6 Å². The van der Waals surface area contributed by atoms with Gasteiger partial charge in [-0.05, 0) is 62.8 Å². The molecule has 0 aromatic heterocycles. The number of nitrogens with zero attached hydrogens (tertiary/aromatic N) is 3. The molecule has 0 radical (unpaired) electrons. The van der Waals surface area contributed by atoms with Gasteiger partial charge in [-0.25, -0.2) is 4.39 Å². The maximum Gasteiger partial charge on any atom is 0.253 e. The molecule has 31 heavy (non-hydrogen) atoms. The summed E-state index contributed by atoms with van der Waals surface area (Å²) in [5.41, 5.74) is 2.67. The van der Waals surface area contributed by atoms with Crippen molar-refractivity contribution in [2.45, 2.75) is 19.4 Å². The van der Waals surface area contributed by atoms with Gasteiger partial charge in [0.1, 0.15) is 5.82 Å². The van der Waals surface area contributed by atoms with E-state index >= 15 is 0 Å². The van der Waals surface area contributed by atoms with Crippen LogP contribution in [0.25, 0.3) is 0 Å². The second-order valence-electron chi connectivity index (χ2n) is 7.83. The molecule has 0 bridgehead atoms. The first-order valence-corrected chi connectivity index (χ1v) is 10.6. The molecule has 2 aromatic rings. The average Bonchev–Trinajstić information content (AvgIpc) is 2.73. The van der Waals surface area contributed by atoms with Crippen LogP contribution in [0.4, 0.5) is 4.39 Å². The molecule has 2 aromatic carbocycles. The second kappa shape index (κ2) is 12.1. The minimum atomic E-state index is -0.242. The molecular formula is C24H34FN5O. The molecule has 6 nitrogen and oxygen atoms in total. The summed E-state index contributed by atoms with van der Waals surface area (Å²) < 4.78 is 13.7. The molecule has 0 aliphatic heterocycles. The van der Waals surface area contributed by atoms with E-state index < -0.39 is 0 Å². The van der Waals surface area contributed by atoms with E-state index in [2.05, 4.69) is 10.6 Å². The van der Waals surface area contributed by atoms with Crippen LogP contribution in [-0.2, 0) is 6.42 Å². The van der Waals surface area contributed by atoms with E-state index in [0.717, 1.165) is 24.1 Å². The zero-order valence-corrected chi connectivity index (χ0v) is 19.2. The zero-order chi connectivity index (χ0) is 22.8. The van der Waals surface area contributed by atoms with E-state index in [1.165, 1.54) is 6.07 Å². The number of guanidine groups is 1. The van der Waals surface area contributed by atoms with Crippen molar-refractivity contribution in [1.29, 1.82) is 0 Å². The van der Waals surface area contributed by atoms with Gasteiger partial charge in [-0.2, -0.15) is 0 Å². The number of amides is 1. The maximum absolute atomic E-state index is 13.7. The van der Waals surface area contributed by atoms with Gasteiger partial charge in [-0.15, -0.1) is 0 Å². The summed E-state index contributed by atoms with van der Waals surface area (Å²) >= 11 is 0. The van der Waals surface area contributed by atoms with E-state index in [-0.39, 0.29) is 17.8 Å². The molecular weight excluding hydrogens is 393 g/mol. The van der Waals surface area contributed by atoms with Crippen LogP contribution < -0.4 is 10.6 Å². The Balaban J connectivity index is 2.01. The molecule has 0 aliphatic rings. The first-order valence-electron chi connectivity index (χ1n) is 10.6. The van der Waals surface area contributed by atoms with Gasteiger partial charge >= 0.3 is 0 Å². The lowest BCUT2D eigenvalue weighted by atomic mass is 10.1. The number of aliphatic imine (C=N–C) groups is 1. The monoisotopic (exact) mass is 427 g/mol. The molecule has 0 saturated carbocycles. The maximum atomic E-state index is 13.7. The molecule has 0 fully saturated rings. The van der Waals surface area contributed by atoms with Crippen molar-refractivity contribution in [2.75, 3.05) is 47.8 Å². The number of rotatable bonds is 9. The van der Waals surface area contributed by atoms with E-state index in [1.807, 2.05) is 56.3 Å². The smallest absolute Gasteiger partial charge is 0.253 e. The van der Waals surface area contributed by atoms with Crippen LogP contribution in [0, 0.1) is 5.82 Å². The van der Waals surface area contributed by atoms with Gasteiger partial charge in [-0.3, -0.25) is 9.79 Å². The number of benzene rings is 2. The number of halogens is 1. The SMILES string of the molecule is CCNC(=NCC(c1cccc(F)c1)N(C)C)NCCc1cccc(C(=O)N(C)C)c1. The highest BCUT2D eigenvalue weighted by molar-refractivity contribution is 5.94. The van der Waals surface area contributed by atoms with Gasteiger partial charge in [0.25, 0.3) is 5.91 Å². The Labute approximate surface area is 185 Å². The number of hydrogen-bond donors (Lipinski definition) is 2. The molecule has 7 heteroatoms. The van der Waals surface area contributed by atoms with Gasteiger partial charge in [0, 0.05) is 32.7 Å². The standard InChI is InChI=1S/C24H34FN5O/c1-6-26-24(28-17-22(29(2)3)19-10-8-12-21(25)16-19)27-14-13-18-9-7-11-20(15-18)23(31)30(4)5/h7-12,15-16,22H,6,13-14,17H2,1-5H3,(H2,26,27,28). The molecule has 0 heterocycles. The molecule has 0 spiro atoms. The summed E-state index contributed by atoms with van der Waals surface area (Å²) in [6.07, 6.45) is 0.764. The topological polar surface area (TPSA) is 60.0 Å². The number of hydrogen-bond acceptors (Lipinski definition) is 3. The largest absolute Gasteiger partial charge is 0.357 e. The number of carbonyl (C=O) groups excluding carboxylic acids is 1. The Morgan fingerprint density at radius 2 is 1.81 bits per heavy atom. The fourth-order valence-electron chi connectivity index (χ4n) is 3.24. The summed E-state index contributed by atoms with van der Waals surface area (Å²) in [7, 11) is 7.43. The number of likely N-dealkylation sites (N-methyl/N-ethyl adjacent to an activating group) is 1. The summed E-state index contributed by atoms with van der Waals surface area (Å²) in [5, 5.41) is 6.60. The van der Waals surface area contributed by atoms with E-state index in [4.69, 9.17) is 4.99 Å². The van der Waals surface area contributed by atoms with Gasteiger partial charge in [0.2, 0.25) is 0 Å². The Morgan fingerprint density at radius 3 is 2.45 bits per heavy atom. The van der Waals surface area contributed by atoms with Crippen LogP contribution in [0.3, 0.4) is 0 Å². The fraction of sp³-hybridized carbons (Fsp3) is 0.417. The van der Waals surface area contributed by atoms with Crippen molar-refractivity contribution in [3.05, 3.63) is 71.0 Å². The van der Waals surface area contributed by atoms with Crippen LogP contribution in [0.2, 0.25) is 0 Å². The quantitative estimate of drug-likeness (QED) is 0.477. The van der Waals surface area contributed by atoms with Gasteiger partial charge in [-0.1, -0.05) is 24.3 Å². The molecule has 168 valence electrons. The van der Waals surface area contributed by atoms with Crippen molar-refractivity contribution >= 4 is 11.9 Å². The Morgan fingerprint density at radius 1 is 1.06 bits per heavy atom. The molecule has 0 saturated heterocycles. The first kappa shape index (κ1) is 24.3. The van der Waals surface area contributed by atoms with Crippen LogP contribution in [0.1, 0.15) is 34.5 Å². The van der Waals surface area contributed by atoms with Crippen molar-refractivity contribution in [3.63, 3.8) is 0 Å². The predicted octanol–water partition coefficient (Wildman–Crippen LogP) is 2.93. The van der Waals surface area contributed by atoms with Gasteiger partial charge < -0.3 is 20.4 Å². The Bertz CT molecular complexity index is 882. The van der Waals surface area contributed by atoms with Crippen molar-refractivity contribution in [1.82, 2.24) is 20.4 Å². The van der Waals surface area contributed by atoms with Crippen molar-refractivity contribution in [3.8, 4) is 0 Å². The molecule has 1 amide bonds. The highest BCUT2D eigenvalue weighted by Gasteiger charge is 2.15. The molecule has 1 unspecified atom stereocenters. The lowest BCUT2D eigenvalue weighted by Gasteiger charge is -2.23. The normalized spacial score (nSPS) is 12.5. The predicted molar refractivity (Wildman–Crippen MR) is 125 cm³/mol. The fourth-order valence-corrected chi connectivity index (χ4v) is 3.24.